The van der Waals surface area contributed by atoms with Gasteiger partial charge in [0.05, 0.1) is 6.54 Å². The number of benzene rings is 1. The summed E-state index contributed by atoms with van der Waals surface area (Å²) in [5.74, 6) is -0.629. The number of carboxylic acids is 1. The van der Waals surface area contributed by atoms with Gasteiger partial charge in [0.15, 0.2) is 5.70 Å². The number of halogens is 2. The molecule has 0 unspecified atom stereocenters. The average Bonchev–Trinajstić information content (AvgIpc) is 2.73. The van der Waals surface area contributed by atoms with E-state index in [4.69, 9.17) is 5.11 Å². The van der Waals surface area contributed by atoms with Crippen LogP contribution in [0.4, 0.5) is 4.39 Å². The molecule has 0 atom stereocenters. The van der Waals surface area contributed by atoms with Gasteiger partial charge in [-0.05, 0) is 33.6 Å². The topological polar surface area (TPSA) is 73.8 Å². The second kappa shape index (κ2) is 5.89. The van der Waals surface area contributed by atoms with Crippen LogP contribution < -0.4 is 15.7 Å². The smallest absolute Gasteiger partial charge is 0.356 e. The van der Waals surface area contributed by atoms with E-state index in [-0.39, 0.29) is 5.70 Å². The van der Waals surface area contributed by atoms with Crippen molar-refractivity contribution in [3.63, 3.8) is 0 Å². The Kier molecular flexibility index (Phi) is 4.23. The maximum atomic E-state index is 12.0. The number of ether oxygens (including phenoxy) is 1. The highest BCUT2D eigenvalue weighted by atomic mass is 79.9. The van der Waals surface area contributed by atoms with Crippen LogP contribution in [0.2, 0.25) is 0 Å². The lowest BCUT2D eigenvalue weighted by molar-refractivity contribution is -0.134. The van der Waals surface area contributed by atoms with Crippen LogP contribution >= 0.6 is 15.9 Å². The van der Waals surface area contributed by atoms with Crippen LogP contribution in [0, 0.1) is 0 Å². The van der Waals surface area contributed by atoms with Crippen LogP contribution in [0.1, 0.15) is 5.56 Å². The van der Waals surface area contributed by atoms with E-state index in [0.29, 0.717) is 16.9 Å². The molecule has 0 saturated carbocycles. The summed E-state index contributed by atoms with van der Waals surface area (Å²) in [5.41, 5.74) is 6.32. The first kappa shape index (κ1) is 13.6. The van der Waals surface area contributed by atoms with Crippen LogP contribution in [-0.4, -0.2) is 22.9 Å². The second-order valence-electron chi connectivity index (χ2n) is 3.69. The summed E-state index contributed by atoms with van der Waals surface area (Å²) < 4.78 is 17.0. The van der Waals surface area contributed by atoms with E-state index in [2.05, 4.69) is 31.6 Å². The number of carbonyl (C=O) groups is 1. The summed E-state index contributed by atoms with van der Waals surface area (Å²) in [4.78, 5) is 11.1. The Labute approximate surface area is 116 Å². The Balaban J connectivity index is 2.07. The molecule has 2 rings (SSSR count). The van der Waals surface area contributed by atoms with Crippen molar-refractivity contribution in [1.82, 2.24) is 16.0 Å². The fourth-order valence-corrected chi connectivity index (χ4v) is 2.09. The fraction of sp³-hybridized carbons (Fsp3) is 0.182. The maximum absolute atomic E-state index is 12.0. The molecule has 1 aromatic rings. The standard InChI is InChI=1S/C11H11BrFN3O3/c12-10-9(11(17)18)16(15-14-10)5-7-1-3-8(4-2-7)19-6-13/h1-4,14-15H,5-6H2,(H,17,18). The average molecular weight is 332 g/mol. The molecule has 0 radical (unpaired) electrons. The normalized spacial score (nSPS) is 14.5. The highest BCUT2D eigenvalue weighted by Crippen LogP contribution is 2.20. The third kappa shape index (κ3) is 3.15. The van der Waals surface area contributed by atoms with Crippen molar-refractivity contribution in [2.75, 3.05) is 6.86 Å². The molecule has 1 aliphatic rings. The SMILES string of the molecule is O=C(O)C1=C(Br)NNN1Cc1ccc(OCF)cc1. The Morgan fingerprint density at radius 3 is 2.68 bits per heavy atom. The first-order chi connectivity index (χ1) is 9.11. The molecule has 0 spiro atoms. The molecule has 0 bridgehead atoms. The Bertz CT molecular complexity index is 506. The number of hydrazine groups is 2. The van der Waals surface area contributed by atoms with Crippen molar-refractivity contribution in [2.45, 2.75) is 6.54 Å². The van der Waals surface area contributed by atoms with Crippen LogP contribution in [0.3, 0.4) is 0 Å². The van der Waals surface area contributed by atoms with Gasteiger partial charge in [-0.3, -0.25) is 10.4 Å². The summed E-state index contributed by atoms with van der Waals surface area (Å²) >= 11 is 3.11. The van der Waals surface area contributed by atoms with E-state index in [0.717, 1.165) is 5.56 Å². The molecule has 3 N–H and O–H groups in total. The minimum absolute atomic E-state index is 0.0871. The van der Waals surface area contributed by atoms with Gasteiger partial charge in [-0.15, -0.1) is 5.53 Å². The summed E-state index contributed by atoms with van der Waals surface area (Å²) in [7, 11) is 0. The molecule has 1 aromatic carbocycles. The predicted octanol–water partition coefficient (Wildman–Crippen LogP) is 1.47. The summed E-state index contributed by atoms with van der Waals surface area (Å²) in [5, 5.41) is 10.5. The van der Waals surface area contributed by atoms with Gasteiger partial charge < -0.3 is 9.84 Å². The monoisotopic (exact) mass is 331 g/mol. The summed E-state index contributed by atoms with van der Waals surface area (Å²) in [6.45, 7) is -0.546. The van der Waals surface area contributed by atoms with E-state index in [9.17, 15) is 9.18 Å². The maximum Gasteiger partial charge on any atom is 0.356 e. The van der Waals surface area contributed by atoms with Crippen molar-refractivity contribution >= 4 is 21.9 Å². The molecule has 0 saturated heterocycles. The van der Waals surface area contributed by atoms with Gasteiger partial charge in [-0.25, -0.2) is 9.18 Å². The number of nitrogens with zero attached hydrogens (tertiary/aromatic N) is 1. The lowest BCUT2D eigenvalue weighted by Crippen LogP contribution is -2.38. The number of aliphatic carboxylic acids is 1. The largest absolute Gasteiger partial charge is 0.476 e. The minimum atomic E-state index is -1.05. The molecule has 0 aliphatic carbocycles. The van der Waals surface area contributed by atoms with Gasteiger partial charge in [0.25, 0.3) is 0 Å². The van der Waals surface area contributed by atoms with Crippen LogP contribution in [0.15, 0.2) is 34.6 Å². The van der Waals surface area contributed by atoms with Crippen LogP contribution in [-0.2, 0) is 11.3 Å². The Morgan fingerprint density at radius 1 is 1.42 bits per heavy atom. The first-order valence-electron chi connectivity index (χ1n) is 5.32. The van der Waals surface area contributed by atoms with Crippen molar-refractivity contribution in [2.24, 2.45) is 0 Å². The molecule has 1 aliphatic heterocycles. The molecule has 8 heteroatoms. The van der Waals surface area contributed by atoms with Gasteiger partial charge in [0, 0.05) is 0 Å². The third-order valence-electron chi connectivity index (χ3n) is 2.47. The lowest BCUT2D eigenvalue weighted by atomic mass is 10.2. The summed E-state index contributed by atoms with van der Waals surface area (Å²) in [6.07, 6.45) is 0. The summed E-state index contributed by atoms with van der Waals surface area (Å²) in [6, 6.07) is 6.71. The molecular formula is C11H11BrFN3O3. The number of rotatable bonds is 5. The third-order valence-corrected chi connectivity index (χ3v) is 3.04. The number of nitrogens with one attached hydrogen (secondary N) is 2. The quantitative estimate of drug-likeness (QED) is 0.709. The van der Waals surface area contributed by atoms with E-state index in [1.54, 1.807) is 24.3 Å². The zero-order chi connectivity index (χ0) is 13.8. The molecule has 19 heavy (non-hydrogen) atoms. The van der Waals surface area contributed by atoms with Crippen molar-refractivity contribution in [3.8, 4) is 5.75 Å². The van der Waals surface area contributed by atoms with Gasteiger partial charge in [0.1, 0.15) is 10.4 Å². The minimum Gasteiger partial charge on any atom is -0.476 e. The fourth-order valence-electron chi connectivity index (χ4n) is 1.61. The molecule has 0 fully saturated rings. The lowest BCUT2D eigenvalue weighted by Gasteiger charge is -2.18. The number of hydrogen-bond acceptors (Lipinski definition) is 5. The number of hydrogen-bond donors (Lipinski definition) is 3. The molecular weight excluding hydrogens is 321 g/mol. The highest BCUT2D eigenvalue weighted by Gasteiger charge is 2.26. The molecule has 102 valence electrons. The predicted molar refractivity (Wildman–Crippen MR) is 68.4 cm³/mol. The second-order valence-corrected chi connectivity index (χ2v) is 4.48. The zero-order valence-corrected chi connectivity index (χ0v) is 11.3. The van der Waals surface area contributed by atoms with Crippen LogP contribution in [0.5, 0.6) is 5.75 Å². The Morgan fingerprint density at radius 2 is 2.11 bits per heavy atom. The Hall–Kier alpha value is -1.80. The van der Waals surface area contributed by atoms with Gasteiger partial charge in [-0.1, -0.05) is 12.1 Å². The van der Waals surface area contributed by atoms with Crippen molar-refractivity contribution in [3.05, 3.63) is 40.1 Å². The first-order valence-corrected chi connectivity index (χ1v) is 6.11. The zero-order valence-electron chi connectivity index (χ0n) is 9.69. The van der Waals surface area contributed by atoms with Gasteiger partial charge in [0.2, 0.25) is 6.86 Å². The van der Waals surface area contributed by atoms with E-state index in [1.165, 1.54) is 5.01 Å². The molecule has 1 heterocycles. The van der Waals surface area contributed by atoms with E-state index in [1.807, 2.05) is 0 Å². The number of alkyl halides is 1. The highest BCUT2D eigenvalue weighted by molar-refractivity contribution is 9.11. The van der Waals surface area contributed by atoms with Crippen molar-refractivity contribution in [1.29, 1.82) is 0 Å². The van der Waals surface area contributed by atoms with E-state index >= 15 is 0 Å². The van der Waals surface area contributed by atoms with E-state index < -0.39 is 12.8 Å². The number of carboxylic acid groups (broad SMARTS) is 1. The molecule has 6 nitrogen and oxygen atoms in total. The molecule has 0 amide bonds. The van der Waals surface area contributed by atoms with Crippen molar-refractivity contribution < 1.29 is 19.0 Å². The van der Waals surface area contributed by atoms with Gasteiger partial charge >= 0.3 is 5.97 Å². The van der Waals surface area contributed by atoms with Gasteiger partial charge in [-0.2, -0.15) is 0 Å². The molecule has 0 aromatic heterocycles. The van der Waals surface area contributed by atoms with Crippen LogP contribution in [0.25, 0.3) is 0 Å².